The Hall–Kier alpha value is -1.56. The van der Waals surface area contributed by atoms with Gasteiger partial charge in [0.25, 0.3) is 0 Å². The number of amides is 2. The van der Waals surface area contributed by atoms with E-state index in [0.29, 0.717) is 32.8 Å². The van der Waals surface area contributed by atoms with Crippen LogP contribution in [0.25, 0.3) is 0 Å². The number of ether oxygens (including phenoxy) is 1. The minimum absolute atomic E-state index is 0.0172. The van der Waals surface area contributed by atoms with Gasteiger partial charge in [0.1, 0.15) is 0 Å². The third kappa shape index (κ3) is 5.74. The van der Waals surface area contributed by atoms with Gasteiger partial charge >= 0.3 is 6.09 Å². The zero-order chi connectivity index (χ0) is 14.1. The second-order valence-corrected chi connectivity index (χ2v) is 4.45. The minimum Gasteiger partial charge on any atom is -0.450 e. The van der Waals surface area contributed by atoms with Gasteiger partial charge in [-0.25, -0.2) is 4.79 Å². The molecule has 0 bridgehead atoms. The lowest BCUT2D eigenvalue weighted by Crippen LogP contribution is -2.48. The number of nitrogens with one attached hydrogen (secondary N) is 2. The van der Waals surface area contributed by atoms with Crippen LogP contribution < -0.4 is 10.6 Å². The molecule has 0 aliphatic carbocycles. The normalized spacial score (nSPS) is 15.9. The number of hydrogen-bond donors (Lipinski definition) is 2. The molecule has 1 rings (SSSR count). The van der Waals surface area contributed by atoms with Crippen LogP contribution in [-0.4, -0.2) is 55.7 Å². The quantitative estimate of drug-likeness (QED) is 0.544. The Bertz CT molecular complexity index is 312. The summed E-state index contributed by atoms with van der Waals surface area (Å²) in [4.78, 5) is 24.8. The highest BCUT2D eigenvalue weighted by Crippen LogP contribution is 2.11. The molecule has 0 atom stereocenters. The van der Waals surface area contributed by atoms with E-state index in [0.717, 1.165) is 12.8 Å². The first-order valence-corrected chi connectivity index (χ1v) is 6.70. The van der Waals surface area contributed by atoms with E-state index < -0.39 is 0 Å². The van der Waals surface area contributed by atoms with Crippen LogP contribution in [0.2, 0.25) is 0 Å². The highest BCUT2D eigenvalue weighted by molar-refractivity contribution is 5.78. The molecule has 0 saturated carbocycles. The molecular weight excluding hydrogens is 246 g/mol. The van der Waals surface area contributed by atoms with Crippen molar-refractivity contribution in [2.45, 2.75) is 25.8 Å². The molecule has 1 aliphatic heterocycles. The number of rotatable bonds is 6. The van der Waals surface area contributed by atoms with E-state index in [2.05, 4.69) is 17.2 Å². The maximum atomic E-state index is 11.6. The Morgan fingerprint density at radius 2 is 2.11 bits per heavy atom. The van der Waals surface area contributed by atoms with Gasteiger partial charge in [0.2, 0.25) is 5.91 Å². The molecule has 1 aliphatic rings. The number of likely N-dealkylation sites (tertiary alicyclic amines) is 1. The smallest absolute Gasteiger partial charge is 0.409 e. The molecule has 1 saturated heterocycles. The van der Waals surface area contributed by atoms with Crippen molar-refractivity contribution in [2.24, 2.45) is 0 Å². The Morgan fingerprint density at radius 1 is 1.42 bits per heavy atom. The van der Waals surface area contributed by atoms with Gasteiger partial charge < -0.3 is 20.3 Å². The zero-order valence-corrected chi connectivity index (χ0v) is 11.5. The largest absolute Gasteiger partial charge is 0.450 e. The zero-order valence-electron chi connectivity index (χ0n) is 11.5. The fraction of sp³-hybridized carbons (Fsp3) is 0.692. The van der Waals surface area contributed by atoms with E-state index in [9.17, 15) is 9.59 Å². The van der Waals surface area contributed by atoms with Crippen molar-refractivity contribution < 1.29 is 14.3 Å². The molecule has 2 amide bonds. The van der Waals surface area contributed by atoms with Gasteiger partial charge in [-0.05, 0) is 19.8 Å². The Morgan fingerprint density at radius 3 is 2.68 bits per heavy atom. The lowest BCUT2D eigenvalue weighted by Gasteiger charge is -2.31. The SMILES string of the molecule is C=CCNCC(=O)NC1CCN(C(=O)OCC)CC1. The van der Waals surface area contributed by atoms with Gasteiger partial charge in [0.15, 0.2) is 0 Å². The molecule has 0 spiro atoms. The van der Waals surface area contributed by atoms with Crippen molar-refractivity contribution in [3.8, 4) is 0 Å². The van der Waals surface area contributed by atoms with E-state index in [1.807, 2.05) is 0 Å². The molecule has 19 heavy (non-hydrogen) atoms. The third-order valence-corrected chi connectivity index (χ3v) is 2.96. The van der Waals surface area contributed by atoms with Crippen LogP contribution in [0.4, 0.5) is 4.79 Å². The van der Waals surface area contributed by atoms with E-state index in [1.165, 1.54) is 0 Å². The summed E-state index contributed by atoms with van der Waals surface area (Å²) in [6.45, 7) is 7.93. The summed E-state index contributed by atoms with van der Waals surface area (Å²) in [5.41, 5.74) is 0. The van der Waals surface area contributed by atoms with Crippen LogP contribution in [0, 0.1) is 0 Å². The maximum Gasteiger partial charge on any atom is 0.409 e. The Kier molecular flexibility index (Phi) is 6.95. The van der Waals surface area contributed by atoms with Gasteiger partial charge in [0, 0.05) is 25.7 Å². The van der Waals surface area contributed by atoms with E-state index in [1.54, 1.807) is 17.9 Å². The molecule has 0 aromatic carbocycles. The molecule has 108 valence electrons. The monoisotopic (exact) mass is 269 g/mol. The van der Waals surface area contributed by atoms with Gasteiger partial charge in [-0.3, -0.25) is 4.79 Å². The van der Waals surface area contributed by atoms with Gasteiger partial charge in [0.05, 0.1) is 13.2 Å². The highest BCUT2D eigenvalue weighted by atomic mass is 16.6. The fourth-order valence-electron chi connectivity index (χ4n) is 1.99. The summed E-state index contributed by atoms with van der Waals surface area (Å²) in [6, 6.07) is 0.142. The number of piperidine rings is 1. The van der Waals surface area contributed by atoms with Gasteiger partial charge in [-0.1, -0.05) is 6.08 Å². The van der Waals surface area contributed by atoms with Crippen molar-refractivity contribution in [3.63, 3.8) is 0 Å². The molecular formula is C13H23N3O3. The van der Waals surface area contributed by atoms with E-state index >= 15 is 0 Å². The first-order valence-electron chi connectivity index (χ1n) is 6.70. The average molecular weight is 269 g/mol. The summed E-state index contributed by atoms with van der Waals surface area (Å²) in [5.74, 6) is -0.0172. The van der Waals surface area contributed by atoms with E-state index in [4.69, 9.17) is 4.74 Å². The van der Waals surface area contributed by atoms with Crippen LogP contribution in [0.5, 0.6) is 0 Å². The number of carbonyl (C=O) groups excluding carboxylic acids is 2. The Balaban J connectivity index is 2.20. The lowest BCUT2D eigenvalue weighted by atomic mass is 10.1. The highest BCUT2D eigenvalue weighted by Gasteiger charge is 2.24. The molecule has 1 fully saturated rings. The predicted octanol–water partition coefficient (Wildman–Crippen LogP) is 0.499. The van der Waals surface area contributed by atoms with Crippen LogP contribution in [0.3, 0.4) is 0 Å². The molecule has 6 heteroatoms. The maximum absolute atomic E-state index is 11.6. The fourth-order valence-corrected chi connectivity index (χ4v) is 1.99. The first kappa shape index (κ1) is 15.5. The molecule has 6 nitrogen and oxygen atoms in total. The predicted molar refractivity (Wildman–Crippen MR) is 72.8 cm³/mol. The second-order valence-electron chi connectivity index (χ2n) is 4.45. The van der Waals surface area contributed by atoms with Crippen molar-refractivity contribution in [3.05, 3.63) is 12.7 Å². The number of carbonyl (C=O) groups is 2. The molecule has 0 unspecified atom stereocenters. The summed E-state index contributed by atoms with van der Waals surface area (Å²) in [6.07, 6.45) is 2.99. The van der Waals surface area contributed by atoms with Crippen molar-refractivity contribution >= 4 is 12.0 Å². The number of hydrogen-bond acceptors (Lipinski definition) is 4. The van der Waals surface area contributed by atoms with Gasteiger partial charge in [-0.2, -0.15) is 0 Å². The molecule has 0 radical (unpaired) electrons. The summed E-state index contributed by atoms with van der Waals surface area (Å²) in [7, 11) is 0. The second kappa shape index (κ2) is 8.53. The molecule has 1 heterocycles. The average Bonchev–Trinajstić information content (AvgIpc) is 2.40. The van der Waals surface area contributed by atoms with Crippen molar-refractivity contribution in [2.75, 3.05) is 32.8 Å². The summed E-state index contributed by atoms with van der Waals surface area (Å²) >= 11 is 0. The van der Waals surface area contributed by atoms with Crippen LogP contribution in [0.1, 0.15) is 19.8 Å². The van der Waals surface area contributed by atoms with Crippen LogP contribution in [0.15, 0.2) is 12.7 Å². The van der Waals surface area contributed by atoms with Crippen molar-refractivity contribution in [1.82, 2.24) is 15.5 Å². The number of nitrogens with zero attached hydrogens (tertiary/aromatic N) is 1. The molecule has 2 N–H and O–H groups in total. The van der Waals surface area contributed by atoms with E-state index in [-0.39, 0.29) is 18.0 Å². The van der Waals surface area contributed by atoms with Crippen LogP contribution >= 0.6 is 0 Å². The summed E-state index contributed by atoms with van der Waals surface area (Å²) < 4.78 is 4.94. The topological polar surface area (TPSA) is 70.7 Å². The standard InChI is InChI=1S/C13H23N3O3/c1-3-7-14-10-12(17)15-11-5-8-16(9-6-11)13(18)19-4-2/h3,11,14H,1,4-10H2,2H3,(H,15,17). The Labute approximate surface area is 114 Å². The molecule has 0 aromatic rings. The lowest BCUT2D eigenvalue weighted by molar-refractivity contribution is -0.121. The van der Waals surface area contributed by atoms with Gasteiger partial charge in [-0.15, -0.1) is 6.58 Å². The minimum atomic E-state index is -0.264. The third-order valence-electron chi connectivity index (χ3n) is 2.96. The summed E-state index contributed by atoms with van der Waals surface area (Å²) in [5, 5.41) is 5.91. The molecule has 0 aromatic heterocycles. The first-order chi connectivity index (χ1) is 9.17. The van der Waals surface area contributed by atoms with Crippen molar-refractivity contribution in [1.29, 1.82) is 0 Å². The van der Waals surface area contributed by atoms with Crippen LogP contribution in [-0.2, 0) is 9.53 Å².